The molecule has 1 aliphatic heterocycles. The molecule has 1 aliphatic rings. The highest BCUT2D eigenvalue weighted by atomic mass is 79.9. The van der Waals surface area contributed by atoms with Crippen LogP contribution >= 0.6 is 15.9 Å². The van der Waals surface area contributed by atoms with E-state index in [2.05, 4.69) is 15.9 Å². The summed E-state index contributed by atoms with van der Waals surface area (Å²) in [6.45, 7) is 0.440. The summed E-state index contributed by atoms with van der Waals surface area (Å²) >= 11 is 3.23. The summed E-state index contributed by atoms with van der Waals surface area (Å²) in [5.41, 5.74) is 6.80. The van der Waals surface area contributed by atoms with Gasteiger partial charge in [-0.3, -0.25) is 4.79 Å². The number of hydrogen-bond acceptors (Lipinski definition) is 5. The van der Waals surface area contributed by atoms with E-state index in [1.807, 2.05) is 0 Å². The van der Waals surface area contributed by atoms with Crippen LogP contribution < -0.4 is 20.1 Å². The van der Waals surface area contributed by atoms with Crippen molar-refractivity contribution in [2.75, 3.05) is 25.7 Å². The number of nitrogens with two attached hydrogens (primary N) is 1. The van der Waals surface area contributed by atoms with Crippen LogP contribution in [0.5, 0.6) is 11.5 Å². The maximum Gasteiger partial charge on any atom is 0.253 e. The van der Waals surface area contributed by atoms with E-state index >= 15 is 0 Å². The van der Waals surface area contributed by atoms with Crippen LogP contribution in [0.15, 0.2) is 28.7 Å². The number of halogens is 2. The monoisotopic (exact) mass is 424 g/mol. The Morgan fingerprint density at radius 3 is 2.58 bits per heavy atom. The van der Waals surface area contributed by atoms with Crippen molar-refractivity contribution in [3.8, 4) is 11.5 Å². The van der Waals surface area contributed by atoms with Crippen molar-refractivity contribution in [2.24, 2.45) is 5.73 Å². The molecule has 26 heavy (non-hydrogen) atoms. The number of aliphatic hydroxyl groups is 1. The minimum atomic E-state index is -0.911. The summed E-state index contributed by atoms with van der Waals surface area (Å²) in [4.78, 5) is 13.5. The fraction of sp³-hybridized carbons (Fsp3) is 0.278. The lowest BCUT2D eigenvalue weighted by Gasteiger charge is -2.36. The number of ether oxygens (including phenoxy) is 2. The Bertz CT molecular complexity index is 875. The molecule has 2 aromatic carbocycles. The van der Waals surface area contributed by atoms with Gasteiger partial charge in [-0.15, -0.1) is 0 Å². The lowest BCUT2D eigenvalue weighted by atomic mass is 9.94. The van der Waals surface area contributed by atoms with E-state index in [0.29, 0.717) is 39.3 Å². The number of amides is 1. The Kier molecular flexibility index (Phi) is 5.06. The quantitative estimate of drug-likeness (QED) is 0.787. The second-order valence-corrected chi connectivity index (χ2v) is 6.82. The molecule has 1 heterocycles. The summed E-state index contributed by atoms with van der Waals surface area (Å²) in [5.74, 6) is -0.480. The molecule has 0 bridgehead atoms. The van der Waals surface area contributed by atoms with Gasteiger partial charge < -0.3 is 25.2 Å². The Balaban J connectivity index is 2.14. The van der Waals surface area contributed by atoms with Gasteiger partial charge in [-0.05, 0) is 24.3 Å². The summed E-state index contributed by atoms with van der Waals surface area (Å²) in [6.07, 6.45) is -0.911. The molecular weight excluding hydrogens is 407 g/mol. The minimum absolute atomic E-state index is 0.146. The largest absolute Gasteiger partial charge is 0.496 e. The first-order chi connectivity index (χ1) is 12.4. The molecule has 6 nitrogen and oxygen atoms in total. The van der Waals surface area contributed by atoms with Crippen molar-refractivity contribution in [2.45, 2.75) is 12.6 Å². The van der Waals surface area contributed by atoms with Gasteiger partial charge >= 0.3 is 0 Å². The molecule has 1 atom stereocenters. The SMILES string of the molecule is COc1ccc(OC)c2c1CN(c1cc(Br)cc(F)c1C(N)=O)CC2O. The molecule has 0 aromatic heterocycles. The lowest BCUT2D eigenvalue weighted by molar-refractivity contribution is 0.0996. The van der Waals surface area contributed by atoms with Crippen LogP contribution in [0.1, 0.15) is 27.6 Å². The van der Waals surface area contributed by atoms with E-state index in [4.69, 9.17) is 15.2 Å². The van der Waals surface area contributed by atoms with E-state index in [1.54, 1.807) is 23.1 Å². The molecule has 1 amide bonds. The number of fused-ring (bicyclic) bond motifs is 1. The normalized spacial score (nSPS) is 16.2. The Morgan fingerprint density at radius 1 is 1.31 bits per heavy atom. The minimum Gasteiger partial charge on any atom is -0.496 e. The van der Waals surface area contributed by atoms with Crippen molar-refractivity contribution in [1.82, 2.24) is 0 Å². The fourth-order valence-corrected chi connectivity index (χ4v) is 3.73. The molecule has 138 valence electrons. The maximum atomic E-state index is 14.3. The van der Waals surface area contributed by atoms with Gasteiger partial charge in [0.2, 0.25) is 0 Å². The lowest BCUT2D eigenvalue weighted by Crippen LogP contribution is -2.36. The molecule has 0 radical (unpaired) electrons. The highest BCUT2D eigenvalue weighted by Gasteiger charge is 2.32. The topological polar surface area (TPSA) is 85.0 Å². The number of anilines is 1. The van der Waals surface area contributed by atoms with Gasteiger partial charge in [0.15, 0.2) is 0 Å². The molecule has 1 unspecified atom stereocenters. The Hall–Kier alpha value is -2.32. The van der Waals surface area contributed by atoms with E-state index in [0.717, 1.165) is 0 Å². The Morgan fingerprint density at radius 2 is 1.96 bits per heavy atom. The van der Waals surface area contributed by atoms with Crippen molar-refractivity contribution in [1.29, 1.82) is 0 Å². The zero-order valence-electron chi connectivity index (χ0n) is 14.3. The zero-order valence-corrected chi connectivity index (χ0v) is 15.8. The number of nitrogens with zero attached hydrogens (tertiary/aromatic N) is 1. The molecule has 0 spiro atoms. The van der Waals surface area contributed by atoms with Crippen LogP contribution in [0.25, 0.3) is 0 Å². The molecule has 0 fully saturated rings. The van der Waals surface area contributed by atoms with E-state index in [9.17, 15) is 14.3 Å². The molecule has 0 saturated heterocycles. The van der Waals surface area contributed by atoms with Crippen molar-refractivity contribution < 1.29 is 23.8 Å². The molecular formula is C18H18BrFN2O4. The number of β-amino-alcohol motifs (C(OH)–C–C–N with tert-alkyl or cyclic N) is 1. The van der Waals surface area contributed by atoms with Crippen LogP contribution in [0, 0.1) is 5.82 Å². The van der Waals surface area contributed by atoms with Crippen molar-refractivity contribution >= 4 is 27.5 Å². The first-order valence-corrected chi connectivity index (χ1v) is 8.62. The van der Waals surface area contributed by atoms with Crippen LogP contribution in [0.2, 0.25) is 0 Å². The number of hydrogen-bond donors (Lipinski definition) is 2. The summed E-state index contributed by atoms with van der Waals surface area (Å²) in [7, 11) is 3.05. The molecule has 2 aromatic rings. The van der Waals surface area contributed by atoms with Crippen LogP contribution in [-0.2, 0) is 6.54 Å². The number of methoxy groups -OCH3 is 2. The molecule has 0 saturated carbocycles. The van der Waals surface area contributed by atoms with Crippen LogP contribution in [-0.4, -0.2) is 31.8 Å². The van der Waals surface area contributed by atoms with Crippen LogP contribution in [0.3, 0.4) is 0 Å². The van der Waals surface area contributed by atoms with Gasteiger partial charge in [0.05, 0.1) is 25.5 Å². The average Bonchev–Trinajstić information content (AvgIpc) is 2.59. The highest BCUT2D eigenvalue weighted by molar-refractivity contribution is 9.10. The number of carbonyl (C=O) groups is 1. The number of rotatable bonds is 4. The standard InChI is InChI=1S/C18H18BrFN2O4/c1-25-14-3-4-15(26-2)16-10(14)7-22(8-13(16)23)12-6-9(19)5-11(20)17(12)18(21)24/h3-6,13,23H,7-8H2,1-2H3,(H2,21,24). The highest BCUT2D eigenvalue weighted by Crippen LogP contribution is 2.41. The number of primary amides is 1. The van der Waals surface area contributed by atoms with Gasteiger partial charge in [0, 0.05) is 28.7 Å². The molecule has 3 rings (SSSR count). The van der Waals surface area contributed by atoms with E-state index in [1.165, 1.54) is 20.3 Å². The number of benzene rings is 2. The van der Waals surface area contributed by atoms with Crippen LogP contribution in [0.4, 0.5) is 10.1 Å². The van der Waals surface area contributed by atoms with Gasteiger partial charge in [0.25, 0.3) is 5.91 Å². The second kappa shape index (κ2) is 7.13. The average molecular weight is 425 g/mol. The summed E-state index contributed by atoms with van der Waals surface area (Å²) < 4.78 is 25.5. The van der Waals surface area contributed by atoms with E-state index < -0.39 is 17.8 Å². The molecule has 8 heteroatoms. The fourth-order valence-electron chi connectivity index (χ4n) is 3.31. The zero-order chi connectivity index (χ0) is 19.0. The van der Waals surface area contributed by atoms with Crippen molar-refractivity contribution in [3.63, 3.8) is 0 Å². The third-order valence-electron chi connectivity index (χ3n) is 4.41. The first kappa shape index (κ1) is 18.5. The van der Waals surface area contributed by atoms with E-state index in [-0.39, 0.29) is 12.1 Å². The van der Waals surface area contributed by atoms with Gasteiger partial charge in [-0.25, -0.2) is 4.39 Å². The predicted octanol–water partition coefficient (Wildman–Crippen LogP) is 2.76. The summed E-state index contributed by atoms with van der Waals surface area (Å²) in [6, 6.07) is 6.25. The van der Waals surface area contributed by atoms with Crippen molar-refractivity contribution in [3.05, 3.63) is 51.2 Å². The third kappa shape index (κ3) is 3.10. The summed E-state index contributed by atoms with van der Waals surface area (Å²) in [5, 5.41) is 10.7. The Labute approximate surface area is 158 Å². The first-order valence-electron chi connectivity index (χ1n) is 7.83. The molecule has 3 N–H and O–H groups in total. The smallest absolute Gasteiger partial charge is 0.253 e. The van der Waals surface area contributed by atoms with Gasteiger partial charge in [0.1, 0.15) is 23.4 Å². The maximum absolute atomic E-state index is 14.3. The number of aliphatic hydroxyl groups excluding tert-OH is 1. The predicted molar refractivity (Wildman–Crippen MR) is 98.2 cm³/mol. The van der Waals surface area contributed by atoms with Gasteiger partial charge in [-0.1, -0.05) is 15.9 Å². The third-order valence-corrected chi connectivity index (χ3v) is 4.87. The number of carbonyl (C=O) groups excluding carboxylic acids is 1. The second-order valence-electron chi connectivity index (χ2n) is 5.90. The molecule has 0 aliphatic carbocycles. The van der Waals surface area contributed by atoms with Gasteiger partial charge in [-0.2, -0.15) is 0 Å².